The molecule has 2 N–H and O–H groups in total. The van der Waals surface area contributed by atoms with Crippen LogP contribution in [0.1, 0.15) is 24.8 Å². The zero-order chi connectivity index (χ0) is 15.5. The minimum Gasteiger partial charge on any atom is -0.334 e. The molecule has 7 heteroatoms. The normalized spacial score (nSPS) is 16.5. The highest BCUT2D eigenvalue weighted by Crippen LogP contribution is 2.29. The van der Waals surface area contributed by atoms with Crippen LogP contribution in [-0.2, 0) is 21.2 Å². The van der Waals surface area contributed by atoms with Gasteiger partial charge in [-0.05, 0) is 37.0 Å². The van der Waals surface area contributed by atoms with Gasteiger partial charge < -0.3 is 10.6 Å². The highest BCUT2D eigenvalue weighted by Gasteiger charge is 2.34. The summed E-state index contributed by atoms with van der Waals surface area (Å²) >= 11 is 0. The molecular formula is C14H21N3O3S. The predicted octanol–water partition coefficient (Wildman–Crippen LogP) is 0.335. The van der Waals surface area contributed by atoms with Crippen LogP contribution in [-0.4, -0.2) is 48.3 Å². The molecule has 1 heterocycles. The van der Waals surface area contributed by atoms with Crippen molar-refractivity contribution in [1.82, 2.24) is 9.88 Å². The second-order valence-corrected chi connectivity index (χ2v) is 7.84. The highest BCUT2D eigenvalue weighted by atomic mass is 32.2. The Hall–Kier alpha value is -1.47. The van der Waals surface area contributed by atoms with Gasteiger partial charge in [-0.25, -0.2) is 8.42 Å². The van der Waals surface area contributed by atoms with Gasteiger partial charge in [0.25, 0.3) is 0 Å². The third-order valence-electron chi connectivity index (χ3n) is 3.49. The number of carbonyl (C=O) groups excluding carboxylic acids is 1. The molecule has 1 saturated carbocycles. The number of sulfone groups is 1. The Balaban J connectivity index is 1.99. The van der Waals surface area contributed by atoms with Gasteiger partial charge in [0.1, 0.15) is 9.84 Å². The average Bonchev–Trinajstić information content (AvgIpc) is 3.26. The Labute approximate surface area is 125 Å². The lowest BCUT2D eigenvalue weighted by Gasteiger charge is -2.25. The van der Waals surface area contributed by atoms with Crippen molar-refractivity contribution < 1.29 is 13.2 Å². The van der Waals surface area contributed by atoms with E-state index < -0.39 is 15.9 Å². The molecule has 0 aromatic carbocycles. The lowest BCUT2D eigenvalue weighted by atomic mass is 10.2. The number of hydrogen-bond acceptors (Lipinski definition) is 5. The average molecular weight is 311 g/mol. The van der Waals surface area contributed by atoms with Crippen LogP contribution >= 0.6 is 0 Å². The maximum atomic E-state index is 12.4. The molecule has 6 nitrogen and oxygen atoms in total. The number of hydrogen-bond donors (Lipinski definition) is 1. The number of nitrogens with two attached hydrogens (primary N) is 1. The molecule has 0 bridgehead atoms. The van der Waals surface area contributed by atoms with Crippen LogP contribution in [0.2, 0.25) is 0 Å². The van der Waals surface area contributed by atoms with Crippen LogP contribution in [0.5, 0.6) is 0 Å². The van der Waals surface area contributed by atoms with Gasteiger partial charge >= 0.3 is 0 Å². The Kier molecular flexibility index (Phi) is 4.95. The van der Waals surface area contributed by atoms with Gasteiger partial charge in [-0.1, -0.05) is 0 Å². The van der Waals surface area contributed by atoms with Crippen LogP contribution in [0.25, 0.3) is 0 Å². The van der Waals surface area contributed by atoms with Crippen molar-refractivity contribution in [3.05, 3.63) is 30.1 Å². The van der Waals surface area contributed by atoms with Gasteiger partial charge in [0.05, 0.1) is 11.8 Å². The minimum atomic E-state index is -3.10. The first-order valence-corrected chi connectivity index (χ1v) is 9.05. The van der Waals surface area contributed by atoms with Crippen LogP contribution in [0.3, 0.4) is 0 Å². The van der Waals surface area contributed by atoms with E-state index in [1.807, 2.05) is 12.1 Å². The maximum Gasteiger partial charge on any atom is 0.240 e. The lowest BCUT2D eigenvalue weighted by molar-refractivity contribution is -0.133. The van der Waals surface area contributed by atoms with E-state index in [0.29, 0.717) is 6.54 Å². The molecular weight excluding hydrogens is 290 g/mol. The molecule has 1 aromatic rings. The summed E-state index contributed by atoms with van der Waals surface area (Å²) in [5, 5.41) is 0. The fourth-order valence-corrected chi connectivity index (χ4v) is 2.82. The van der Waals surface area contributed by atoms with E-state index in [0.717, 1.165) is 24.7 Å². The first-order chi connectivity index (χ1) is 9.87. The number of carbonyl (C=O) groups is 1. The Bertz CT molecular complexity index is 585. The highest BCUT2D eigenvalue weighted by molar-refractivity contribution is 7.90. The standard InChI is InChI=1S/C14H21N3O3S/c1-21(19,20)9-6-13(15)14(18)17(12-2-3-12)10-11-4-7-16-8-5-11/h4-5,7-8,12-13H,2-3,6,9-10,15H2,1H3. The molecule has 1 unspecified atom stereocenters. The zero-order valence-corrected chi connectivity index (χ0v) is 12.9. The van der Waals surface area contributed by atoms with Crippen molar-refractivity contribution >= 4 is 15.7 Å². The first kappa shape index (κ1) is 15.9. The number of nitrogens with zero attached hydrogens (tertiary/aromatic N) is 2. The zero-order valence-electron chi connectivity index (χ0n) is 12.1. The smallest absolute Gasteiger partial charge is 0.240 e. The monoisotopic (exact) mass is 311 g/mol. The summed E-state index contributed by atoms with van der Waals surface area (Å²) in [7, 11) is -3.10. The molecule has 1 aliphatic rings. The number of pyridine rings is 1. The van der Waals surface area contributed by atoms with E-state index in [2.05, 4.69) is 4.98 Å². The van der Waals surface area contributed by atoms with E-state index >= 15 is 0 Å². The van der Waals surface area contributed by atoms with E-state index in [9.17, 15) is 13.2 Å². The summed E-state index contributed by atoms with van der Waals surface area (Å²) < 4.78 is 22.4. The molecule has 1 amide bonds. The van der Waals surface area contributed by atoms with E-state index in [-0.39, 0.29) is 24.1 Å². The van der Waals surface area contributed by atoms with Crippen LogP contribution in [0, 0.1) is 0 Å². The molecule has 116 valence electrons. The summed E-state index contributed by atoms with van der Waals surface area (Å²) in [6.07, 6.45) is 6.66. The molecule has 21 heavy (non-hydrogen) atoms. The Morgan fingerprint density at radius 1 is 1.43 bits per heavy atom. The Morgan fingerprint density at radius 2 is 2.05 bits per heavy atom. The summed E-state index contributed by atoms with van der Waals surface area (Å²) in [6, 6.07) is 3.20. The Morgan fingerprint density at radius 3 is 2.57 bits per heavy atom. The van der Waals surface area contributed by atoms with Crippen LogP contribution in [0.15, 0.2) is 24.5 Å². The quantitative estimate of drug-likeness (QED) is 0.783. The van der Waals surface area contributed by atoms with E-state index in [1.54, 1.807) is 17.3 Å². The molecule has 0 saturated heterocycles. The molecule has 1 atom stereocenters. The minimum absolute atomic E-state index is 0.0618. The van der Waals surface area contributed by atoms with Crippen molar-refractivity contribution in [2.24, 2.45) is 5.73 Å². The topological polar surface area (TPSA) is 93.4 Å². The molecule has 0 radical (unpaired) electrons. The largest absolute Gasteiger partial charge is 0.334 e. The van der Waals surface area contributed by atoms with Crippen LogP contribution in [0.4, 0.5) is 0 Å². The van der Waals surface area contributed by atoms with Crippen molar-refractivity contribution in [2.75, 3.05) is 12.0 Å². The first-order valence-electron chi connectivity index (χ1n) is 6.99. The molecule has 1 fully saturated rings. The molecule has 0 spiro atoms. The summed E-state index contributed by atoms with van der Waals surface area (Å²) in [4.78, 5) is 18.2. The van der Waals surface area contributed by atoms with Gasteiger partial charge in [0.2, 0.25) is 5.91 Å². The van der Waals surface area contributed by atoms with Crippen molar-refractivity contribution in [3.63, 3.8) is 0 Å². The third kappa shape index (κ3) is 5.09. The number of amides is 1. The summed E-state index contributed by atoms with van der Waals surface area (Å²) in [6.45, 7) is 0.499. The van der Waals surface area contributed by atoms with E-state index in [4.69, 9.17) is 5.73 Å². The van der Waals surface area contributed by atoms with Crippen molar-refractivity contribution in [2.45, 2.75) is 37.9 Å². The van der Waals surface area contributed by atoms with Gasteiger partial charge in [-0.3, -0.25) is 9.78 Å². The van der Waals surface area contributed by atoms with Gasteiger partial charge in [0.15, 0.2) is 0 Å². The van der Waals surface area contributed by atoms with Crippen molar-refractivity contribution in [1.29, 1.82) is 0 Å². The molecule has 0 aliphatic heterocycles. The second-order valence-electron chi connectivity index (χ2n) is 5.58. The fraction of sp³-hybridized carbons (Fsp3) is 0.571. The third-order valence-corrected chi connectivity index (χ3v) is 4.47. The van der Waals surface area contributed by atoms with Gasteiger partial charge in [0, 0.05) is 31.2 Å². The number of aromatic nitrogens is 1. The van der Waals surface area contributed by atoms with Gasteiger partial charge in [-0.2, -0.15) is 0 Å². The SMILES string of the molecule is CS(=O)(=O)CCC(N)C(=O)N(Cc1ccncc1)C1CC1. The van der Waals surface area contributed by atoms with E-state index in [1.165, 1.54) is 0 Å². The maximum absolute atomic E-state index is 12.4. The molecule has 2 rings (SSSR count). The lowest BCUT2D eigenvalue weighted by Crippen LogP contribution is -2.45. The summed E-state index contributed by atoms with van der Waals surface area (Å²) in [5.74, 6) is -0.230. The number of rotatable bonds is 7. The fourth-order valence-electron chi connectivity index (χ4n) is 2.14. The predicted molar refractivity (Wildman–Crippen MR) is 80.1 cm³/mol. The second kappa shape index (κ2) is 6.53. The van der Waals surface area contributed by atoms with Gasteiger partial charge in [-0.15, -0.1) is 0 Å². The molecule has 1 aromatic heterocycles. The van der Waals surface area contributed by atoms with Crippen LogP contribution < -0.4 is 5.73 Å². The van der Waals surface area contributed by atoms with Crippen molar-refractivity contribution in [3.8, 4) is 0 Å². The molecule has 1 aliphatic carbocycles. The summed E-state index contributed by atoms with van der Waals surface area (Å²) in [5.41, 5.74) is 6.88.